The average Bonchev–Trinajstić information content (AvgIpc) is 3.28. The molecule has 4 nitrogen and oxygen atoms in total. The lowest BCUT2D eigenvalue weighted by atomic mass is 10.1. The van der Waals surface area contributed by atoms with E-state index in [0.29, 0.717) is 5.75 Å². The monoisotopic (exact) mass is 433 g/mol. The quantitative estimate of drug-likeness (QED) is 0.573. The molecule has 2 aromatic heterocycles. The average molecular weight is 434 g/mol. The second kappa shape index (κ2) is 7.35. The Balaban J connectivity index is 1.41. The van der Waals surface area contributed by atoms with Crippen molar-refractivity contribution in [2.45, 2.75) is 18.1 Å². The molecule has 1 aromatic carbocycles. The fraction of sp³-hybridized carbons (Fsp3) is 0.222. The topological polar surface area (TPSA) is 38.1 Å². The van der Waals surface area contributed by atoms with E-state index in [0.717, 1.165) is 34.8 Å². The molecule has 0 N–H and O–H groups in total. The van der Waals surface area contributed by atoms with E-state index in [9.17, 15) is 4.79 Å². The number of halogens is 1. The van der Waals surface area contributed by atoms with E-state index >= 15 is 0 Å². The maximum Gasteiger partial charge on any atom is 0.233 e. The number of nitrogens with zero attached hydrogens (tertiary/aromatic N) is 3. The second-order valence-electron chi connectivity index (χ2n) is 5.78. The van der Waals surface area contributed by atoms with Crippen LogP contribution in [0.4, 0.5) is 0 Å². The summed E-state index contributed by atoms with van der Waals surface area (Å²) in [4.78, 5) is 20.4. The lowest BCUT2D eigenvalue weighted by molar-refractivity contribution is -0.129. The van der Waals surface area contributed by atoms with Crippen molar-refractivity contribution in [2.24, 2.45) is 0 Å². The molecular weight excluding hydrogens is 418 g/mol. The Hall–Kier alpha value is -1.57. The Morgan fingerprint density at radius 3 is 2.96 bits per heavy atom. The highest BCUT2D eigenvalue weighted by Gasteiger charge is 2.22. The van der Waals surface area contributed by atoms with Gasteiger partial charge in [-0.05, 0) is 47.7 Å². The number of fused-ring (bicyclic) bond motifs is 1. The van der Waals surface area contributed by atoms with Crippen LogP contribution in [0.3, 0.4) is 0 Å². The molecule has 1 aliphatic heterocycles. The number of amides is 1. The zero-order chi connectivity index (χ0) is 17.2. The van der Waals surface area contributed by atoms with Gasteiger partial charge in [-0.2, -0.15) is 0 Å². The van der Waals surface area contributed by atoms with Crippen molar-refractivity contribution < 1.29 is 4.79 Å². The smallest absolute Gasteiger partial charge is 0.233 e. The first kappa shape index (κ1) is 16.9. The van der Waals surface area contributed by atoms with Crippen molar-refractivity contribution in [2.75, 3.05) is 12.3 Å². The first-order chi connectivity index (χ1) is 12.2. The van der Waals surface area contributed by atoms with Crippen LogP contribution in [0.15, 0.2) is 57.7 Å². The number of thiophene rings is 1. The molecule has 3 heterocycles. The highest BCUT2D eigenvalue weighted by atomic mass is 79.9. The van der Waals surface area contributed by atoms with Crippen LogP contribution in [-0.4, -0.2) is 32.7 Å². The van der Waals surface area contributed by atoms with Gasteiger partial charge >= 0.3 is 0 Å². The van der Waals surface area contributed by atoms with Crippen LogP contribution in [0.25, 0.3) is 5.69 Å². The molecule has 3 aromatic rings. The Morgan fingerprint density at radius 1 is 1.28 bits per heavy atom. The molecule has 7 heteroatoms. The van der Waals surface area contributed by atoms with Crippen LogP contribution in [0, 0.1) is 0 Å². The van der Waals surface area contributed by atoms with E-state index < -0.39 is 0 Å². The summed E-state index contributed by atoms with van der Waals surface area (Å²) in [5, 5.41) is 2.95. The van der Waals surface area contributed by atoms with E-state index in [1.54, 1.807) is 17.5 Å². The van der Waals surface area contributed by atoms with Crippen molar-refractivity contribution >= 4 is 44.9 Å². The summed E-state index contributed by atoms with van der Waals surface area (Å²) in [5.41, 5.74) is 2.34. The summed E-state index contributed by atoms with van der Waals surface area (Å²) < 4.78 is 3.05. The predicted octanol–water partition coefficient (Wildman–Crippen LogP) is 4.37. The van der Waals surface area contributed by atoms with Crippen LogP contribution in [0.2, 0.25) is 0 Å². The van der Waals surface area contributed by atoms with Gasteiger partial charge in [0.15, 0.2) is 5.16 Å². The molecule has 25 heavy (non-hydrogen) atoms. The largest absolute Gasteiger partial charge is 0.337 e. The molecule has 0 aliphatic carbocycles. The first-order valence-electron chi connectivity index (χ1n) is 7.96. The molecule has 128 valence electrons. The highest BCUT2D eigenvalue weighted by molar-refractivity contribution is 9.10. The number of carbonyl (C=O) groups is 1. The summed E-state index contributed by atoms with van der Waals surface area (Å²) >= 11 is 6.73. The molecule has 0 saturated carbocycles. The van der Waals surface area contributed by atoms with Crippen molar-refractivity contribution in [3.05, 3.63) is 63.0 Å². The number of rotatable bonds is 4. The Bertz CT molecular complexity index is 888. The standard InChI is InChI=1S/C18H16BrN3OS2/c19-14-1-3-15(4-2-14)22-9-7-20-18(22)25-12-17(23)21-8-5-16-13(11-21)6-10-24-16/h1-4,6-7,9-10H,5,8,11-12H2. The van der Waals surface area contributed by atoms with Gasteiger partial charge in [-0.25, -0.2) is 4.98 Å². The minimum atomic E-state index is 0.173. The van der Waals surface area contributed by atoms with E-state index in [4.69, 9.17) is 0 Å². The van der Waals surface area contributed by atoms with Gasteiger partial charge < -0.3 is 4.90 Å². The van der Waals surface area contributed by atoms with Crippen LogP contribution in [0.1, 0.15) is 10.4 Å². The number of carbonyl (C=O) groups excluding carboxylic acids is 1. The number of imidazole rings is 1. The van der Waals surface area contributed by atoms with Crippen molar-refractivity contribution in [3.63, 3.8) is 0 Å². The molecule has 1 aliphatic rings. The maximum absolute atomic E-state index is 12.6. The summed E-state index contributed by atoms with van der Waals surface area (Å²) in [6, 6.07) is 10.2. The fourth-order valence-corrected chi connectivity index (χ4v) is 4.90. The molecule has 0 saturated heterocycles. The lowest BCUT2D eigenvalue weighted by Gasteiger charge is -2.26. The molecule has 0 unspecified atom stereocenters. The molecule has 4 rings (SSSR count). The molecule has 0 atom stereocenters. The van der Waals surface area contributed by atoms with E-state index in [1.165, 1.54) is 22.2 Å². The number of benzene rings is 1. The third-order valence-corrected chi connectivity index (χ3v) is 6.70. The predicted molar refractivity (Wildman–Crippen MR) is 105 cm³/mol. The van der Waals surface area contributed by atoms with E-state index in [2.05, 4.69) is 32.4 Å². The zero-order valence-electron chi connectivity index (χ0n) is 13.4. The summed E-state index contributed by atoms with van der Waals surface area (Å²) in [7, 11) is 0. The Kier molecular flexibility index (Phi) is 4.96. The van der Waals surface area contributed by atoms with Gasteiger partial charge in [-0.3, -0.25) is 9.36 Å². The normalized spacial score (nSPS) is 13.7. The molecule has 1 amide bonds. The maximum atomic E-state index is 12.6. The van der Waals surface area contributed by atoms with Crippen molar-refractivity contribution in [1.82, 2.24) is 14.5 Å². The van der Waals surface area contributed by atoms with Crippen LogP contribution >= 0.6 is 39.0 Å². The van der Waals surface area contributed by atoms with Crippen LogP contribution < -0.4 is 0 Å². The van der Waals surface area contributed by atoms with E-state index in [1.807, 2.05) is 39.9 Å². The third-order valence-electron chi connectivity index (χ3n) is 4.20. The SMILES string of the molecule is O=C(CSc1nccn1-c1ccc(Br)cc1)N1CCc2sccc2C1. The Labute approximate surface area is 163 Å². The van der Waals surface area contributed by atoms with Gasteiger partial charge in [-0.15, -0.1) is 11.3 Å². The zero-order valence-corrected chi connectivity index (χ0v) is 16.6. The first-order valence-corrected chi connectivity index (χ1v) is 10.6. The van der Waals surface area contributed by atoms with Crippen LogP contribution in [-0.2, 0) is 17.8 Å². The highest BCUT2D eigenvalue weighted by Crippen LogP contribution is 2.26. The summed E-state index contributed by atoms with van der Waals surface area (Å²) in [6.07, 6.45) is 4.67. The molecule has 0 fully saturated rings. The van der Waals surface area contributed by atoms with Gasteiger partial charge in [0.1, 0.15) is 0 Å². The number of hydrogen-bond donors (Lipinski definition) is 0. The summed E-state index contributed by atoms with van der Waals surface area (Å²) in [5.74, 6) is 0.583. The molecule has 0 radical (unpaired) electrons. The van der Waals surface area contributed by atoms with E-state index in [-0.39, 0.29) is 5.91 Å². The minimum absolute atomic E-state index is 0.173. The lowest BCUT2D eigenvalue weighted by Crippen LogP contribution is -2.36. The van der Waals surface area contributed by atoms with Crippen LogP contribution in [0.5, 0.6) is 0 Å². The van der Waals surface area contributed by atoms with Gasteiger partial charge in [0, 0.05) is 40.5 Å². The van der Waals surface area contributed by atoms with Gasteiger partial charge in [0.25, 0.3) is 0 Å². The molecular formula is C18H16BrN3OS2. The second-order valence-corrected chi connectivity index (χ2v) is 8.64. The van der Waals surface area contributed by atoms with Gasteiger partial charge in [-0.1, -0.05) is 27.7 Å². The molecule has 0 bridgehead atoms. The van der Waals surface area contributed by atoms with Crippen molar-refractivity contribution in [1.29, 1.82) is 0 Å². The third kappa shape index (κ3) is 3.68. The number of aromatic nitrogens is 2. The molecule has 0 spiro atoms. The number of hydrogen-bond acceptors (Lipinski definition) is 4. The van der Waals surface area contributed by atoms with Crippen molar-refractivity contribution in [3.8, 4) is 5.69 Å². The Morgan fingerprint density at radius 2 is 2.12 bits per heavy atom. The summed E-state index contributed by atoms with van der Waals surface area (Å²) in [6.45, 7) is 1.55. The van der Waals surface area contributed by atoms with Gasteiger partial charge in [0.05, 0.1) is 5.75 Å². The van der Waals surface area contributed by atoms with Gasteiger partial charge in [0.2, 0.25) is 5.91 Å². The fourth-order valence-electron chi connectivity index (χ4n) is 2.87. The number of thioether (sulfide) groups is 1. The minimum Gasteiger partial charge on any atom is -0.337 e.